The van der Waals surface area contributed by atoms with Crippen molar-refractivity contribution in [2.24, 2.45) is 0 Å². The molecular formula is C16H19NO5. The van der Waals surface area contributed by atoms with Gasteiger partial charge in [-0.1, -0.05) is 19.1 Å². The molecule has 6 nitrogen and oxygen atoms in total. The van der Waals surface area contributed by atoms with Gasteiger partial charge in [0, 0.05) is 12.8 Å². The second-order valence-electron chi connectivity index (χ2n) is 5.18. The van der Waals surface area contributed by atoms with Crippen LogP contribution in [0.2, 0.25) is 0 Å². The molecule has 1 unspecified atom stereocenters. The largest absolute Gasteiger partial charge is 0.490 e. The van der Waals surface area contributed by atoms with Gasteiger partial charge >= 0.3 is 5.97 Å². The zero-order valence-corrected chi connectivity index (χ0v) is 12.7. The quantitative estimate of drug-likeness (QED) is 0.752. The Morgan fingerprint density at radius 3 is 2.32 bits per heavy atom. The predicted molar refractivity (Wildman–Crippen MR) is 77.7 cm³/mol. The van der Waals surface area contributed by atoms with Crippen LogP contribution in [0.3, 0.4) is 0 Å². The lowest BCUT2D eigenvalue weighted by Gasteiger charge is -2.16. The van der Waals surface area contributed by atoms with E-state index < -0.39 is 23.9 Å². The van der Waals surface area contributed by atoms with Gasteiger partial charge in [-0.3, -0.25) is 9.59 Å². The van der Waals surface area contributed by atoms with Crippen molar-refractivity contribution in [2.45, 2.75) is 45.6 Å². The molecule has 0 spiro atoms. The number of aryl methyl sites for hydroxylation is 1. The first kappa shape index (κ1) is 16.0. The number of amides is 2. The van der Waals surface area contributed by atoms with Gasteiger partial charge in [0.15, 0.2) is 0 Å². The smallest absolute Gasteiger partial charge is 0.336 e. The summed E-state index contributed by atoms with van der Waals surface area (Å²) in [6.45, 7) is 3.79. The fourth-order valence-electron chi connectivity index (χ4n) is 2.11. The number of carbonyl (C=O) groups excluding carboxylic acids is 3. The Balaban J connectivity index is 1.83. The molecule has 0 aromatic heterocycles. The van der Waals surface area contributed by atoms with E-state index in [0.29, 0.717) is 10.8 Å². The van der Waals surface area contributed by atoms with Crippen molar-refractivity contribution in [2.75, 3.05) is 0 Å². The fourth-order valence-corrected chi connectivity index (χ4v) is 2.11. The highest BCUT2D eigenvalue weighted by atomic mass is 16.7. The van der Waals surface area contributed by atoms with Gasteiger partial charge in [-0.15, -0.1) is 5.06 Å². The Kier molecular flexibility index (Phi) is 5.14. The number of carbonyl (C=O) groups is 3. The average Bonchev–Trinajstić information content (AvgIpc) is 2.79. The third kappa shape index (κ3) is 4.07. The van der Waals surface area contributed by atoms with Crippen LogP contribution in [0.4, 0.5) is 0 Å². The van der Waals surface area contributed by atoms with Crippen molar-refractivity contribution in [3.63, 3.8) is 0 Å². The van der Waals surface area contributed by atoms with Crippen LogP contribution >= 0.6 is 0 Å². The van der Waals surface area contributed by atoms with Gasteiger partial charge in [-0.25, -0.2) is 4.79 Å². The molecule has 1 saturated heterocycles. The molecule has 2 amide bonds. The van der Waals surface area contributed by atoms with Crippen molar-refractivity contribution in [1.29, 1.82) is 0 Å². The first-order chi connectivity index (χ1) is 10.5. The minimum atomic E-state index is -0.665. The highest BCUT2D eigenvalue weighted by Crippen LogP contribution is 2.17. The standard InChI is InChI=1S/C16H19NO5/c1-3-12-4-6-13(7-5-12)21-11(2)10-16(20)22-17-14(18)8-9-15(17)19/h4-7,11H,3,8-10H2,1-2H3. The van der Waals surface area contributed by atoms with Crippen LogP contribution in [-0.2, 0) is 25.6 Å². The summed E-state index contributed by atoms with van der Waals surface area (Å²) in [5.74, 6) is -0.976. The van der Waals surface area contributed by atoms with Crippen LogP contribution in [0.1, 0.15) is 38.7 Å². The molecule has 1 aliphatic rings. The van der Waals surface area contributed by atoms with Crippen molar-refractivity contribution in [3.05, 3.63) is 29.8 Å². The van der Waals surface area contributed by atoms with E-state index in [2.05, 4.69) is 6.92 Å². The second kappa shape index (κ2) is 7.06. The maximum atomic E-state index is 11.7. The molecule has 1 aromatic rings. The van der Waals surface area contributed by atoms with Crippen molar-refractivity contribution in [1.82, 2.24) is 5.06 Å². The van der Waals surface area contributed by atoms with Gasteiger partial charge in [0.25, 0.3) is 11.8 Å². The van der Waals surface area contributed by atoms with Crippen LogP contribution in [0.5, 0.6) is 5.75 Å². The summed E-state index contributed by atoms with van der Waals surface area (Å²) in [5, 5.41) is 0.547. The molecule has 0 bridgehead atoms. The van der Waals surface area contributed by atoms with E-state index in [1.807, 2.05) is 24.3 Å². The zero-order valence-electron chi connectivity index (χ0n) is 12.7. The van der Waals surface area contributed by atoms with E-state index in [4.69, 9.17) is 9.57 Å². The summed E-state index contributed by atoms with van der Waals surface area (Å²) >= 11 is 0. The molecule has 22 heavy (non-hydrogen) atoms. The van der Waals surface area contributed by atoms with Gasteiger partial charge in [-0.05, 0) is 31.0 Å². The summed E-state index contributed by atoms with van der Waals surface area (Å²) in [6, 6.07) is 7.60. The number of hydroxylamine groups is 2. The number of imide groups is 1. The number of hydrogen-bond donors (Lipinski definition) is 0. The number of hydrogen-bond acceptors (Lipinski definition) is 5. The molecule has 1 aliphatic heterocycles. The normalized spacial score (nSPS) is 15.8. The Morgan fingerprint density at radius 2 is 1.77 bits per heavy atom. The maximum absolute atomic E-state index is 11.7. The van der Waals surface area contributed by atoms with Crippen LogP contribution < -0.4 is 4.74 Å². The van der Waals surface area contributed by atoms with Gasteiger partial charge in [0.1, 0.15) is 11.9 Å². The molecule has 1 fully saturated rings. The van der Waals surface area contributed by atoms with Crippen LogP contribution in [0, 0.1) is 0 Å². The summed E-state index contributed by atoms with van der Waals surface area (Å²) < 4.78 is 5.61. The number of benzene rings is 1. The van der Waals surface area contributed by atoms with Crippen LogP contribution in [0.25, 0.3) is 0 Å². The Hall–Kier alpha value is -2.37. The molecule has 6 heteroatoms. The summed E-state index contributed by atoms with van der Waals surface area (Å²) in [6.07, 6.45) is 0.643. The third-order valence-corrected chi connectivity index (χ3v) is 3.32. The van der Waals surface area contributed by atoms with E-state index in [1.165, 1.54) is 5.56 Å². The lowest BCUT2D eigenvalue weighted by molar-refractivity contribution is -0.198. The fraction of sp³-hybridized carbons (Fsp3) is 0.438. The summed E-state index contributed by atoms with van der Waals surface area (Å²) in [4.78, 5) is 39.2. The minimum absolute atomic E-state index is 0.0490. The van der Waals surface area contributed by atoms with E-state index in [0.717, 1.165) is 6.42 Å². The summed E-state index contributed by atoms with van der Waals surface area (Å²) in [5.41, 5.74) is 1.20. The molecule has 1 heterocycles. The zero-order chi connectivity index (χ0) is 16.1. The van der Waals surface area contributed by atoms with E-state index in [1.54, 1.807) is 6.92 Å². The summed E-state index contributed by atoms with van der Waals surface area (Å²) in [7, 11) is 0. The van der Waals surface area contributed by atoms with Crippen LogP contribution in [0.15, 0.2) is 24.3 Å². The van der Waals surface area contributed by atoms with Gasteiger partial charge in [-0.2, -0.15) is 0 Å². The Morgan fingerprint density at radius 1 is 1.18 bits per heavy atom. The molecule has 1 atom stereocenters. The molecule has 0 radical (unpaired) electrons. The lowest BCUT2D eigenvalue weighted by Crippen LogP contribution is -2.33. The average molecular weight is 305 g/mol. The van der Waals surface area contributed by atoms with E-state index in [9.17, 15) is 14.4 Å². The molecule has 1 aromatic carbocycles. The molecule has 0 saturated carbocycles. The first-order valence-corrected chi connectivity index (χ1v) is 7.31. The lowest BCUT2D eigenvalue weighted by atomic mass is 10.2. The number of rotatable bonds is 6. The molecular weight excluding hydrogens is 286 g/mol. The second-order valence-corrected chi connectivity index (χ2v) is 5.18. The van der Waals surface area contributed by atoms with Gasteiger partial charge in [0.05, 0.1) is 6.42 Å². The maximum Gasteiger partial charge on any atom is 0.336 e. The molecule has 2 rings (SSSR count). The third-order valence-electron chi connectivity index (χ3n) is 3.32. The van der Waals surface area contributed by atoms with Crippen molar-refractivity contribution < 1.29 is 24.0 Å². The van der Waals surface area contributed by atoms with Crippen molar-refractivity contribution >= 4 is 17.8 Å². The highest BCUT2D eigenvalue weighted by molar-refractivity contribution is 6.01. The van der Waals surface area contributed by atoms with E-state index >= 15 is 0 Å². The SMILES string of the molecule is CCc1ccc(OC(C)CC(=O)ON2C(=O)CCC2=O)cc1. The molecule has 0 N–H and O–H groups in total. The van der Waals surface area contributed by atoms with Gasteiger partial charge in [0.2, 0.25) is 0 Å². The predicted octanol–water partition coefficient (Wildman–Crippen LogP) is 2.01. The van der Waals surface area contributed by atoms with Crippen LogP contribution in [-0.4, -0.2) is 29.0 Å². The first-order valence-electron chi connectivity index (χ1n) is 7.31. The number of ether oxygens (including phenoxy) is 1. The number of nitrogens with zero attached hydrogens (tertiary/aromatic N) is 1. The highest BCUT2D eigenvalue weighted by Gasteiger charge is 2.33. The Bertz CT molecular complexity index is 550. The van der Waals surface area contributed by atoms with Crippen molar-refractivity contribution in [3.8, 4) is 5.75 Å². The molecule has 0 aliphatic carbocycles. The topological polar surface area (TPSA) is 72.9 Å². The van der Waals surface area contributed by atoms with Gasteiger partial charge < -0.3 is 9.57 Å². The van der Waals surface area contributed by atoms with E-state index in [-0.39, 0.29) is 19.3 Å². The minimum Gasteiger partial charge on any atom is -0.490 e. The molecule has 118 valence electrons. The monoisotopic (exact) mass is 305 g/mol. The Labute approximate surface area is 129 Å².